The Hall–Kier alpha value is -5.04. The van der Waals surface area contributed by atoms with Gasteiger partial charge in [0.15, 0.2) is 12.4 Å². The van der Waals surface area contributed by atoms with Gasteiger partial charge in [-0.3, -0.25) is 4.79 Å². The van der Waals surface area contributed by atoms with Crippen molar-refractivity contribution in [3.05, 3.63) is 121 Å². The summed E-state index contributed by atoms with van der Waals surface area (Å²) in [6.07, 6.45) is 0. The van der Waals surface area contributed by atoms with Gasteiger partial charge >= 0.3 is 5.97 Å². The summed E-state index contributed by atoms with van der Waals surface area (Å²) in [7, 11) is 0. The average Bonchev–Trinajstić information content (AvgIpc) is 2.93. The molecule has 7 heteroatoms. The molecule has 4 aromatic carbocycles. The Balaban J connectivity index is 1.32. The summed E-state index contributed by atoms with van der Waals surface area (Å²) in [5.74, 6) is -0.485. The number of para-hydroxylation sites is 4. The van der Waals surface area contributed by atoms with Gasteiger partial charge in [-0.05, 0) is 60.7 Å². The number of carbonyl (C=O) groups is 2. The number of fused-ring (bicyclic) bond motifs is 1. The van der Waals surface area contributed by atoms with E-state index in [1.54, 1.807) is 78.9 Å². The van der Waals surface area contributed by atoms with Crippen molar-refractivity contribution in [1.29, 1.82) is 0 Å². The van der Waals surface area contributed by atoms with Crippen molar-refractivity contribution in [2.75, 3.05) is 11.9 Å². The van der Waals surface area contributed by atoms with Crippen molar-refractivity contribution in [2.45, 2.75) is 0 Å². The van der Waals surface area contributed by atoms with Gasteiger partial charge in [0.1, 0.15) is 11.6 Å². The number of pyridine rings is 1. The Labute approximate surface area is 212 Å². The Morgan fingerprint density at radius 1 is 0.811 bits per heavy atom. The fraction of sp³-hybridized carbons (Fsp3) is 0.0333. The minimum atomic E-state index is -0.675. The van der Waals surface area contributed by atoms with Crippen LogP contribution in [0.25, 0.3) is 22.2 Å². The van der Waals surface area contributed by atoms with E-state index in [2.05, 4.69) is 10.3 Å². The maximum Gasteiger partial charge on any atom is 0.339 e. The van der Waals surface area contributed by atoms with Gasteiger partial charge in [0, 0.05) is 10.9 Å². The number of esters is 1. The van der Waals surface area contributed by atoms with E-state index >= 15 is 0 Å². The van der Waals surface area contributed by atoms with Crippen LogP contribution in [0.15, 0.2) is 109 Å². The van der Waals surface area contributed by atoms with Gasteiger partial charge in [0.05, 0.1) is 22.5 Å². The lowest BCUT2D eigenvalue weighted by Gasteiger charge is -2.13. The van der Waals surface area contributed by atoms with E-state index in [1.807, 2.05) is 18.2 Å². The Bertz CT molecular complexity index is 1570. The van der Waals surface area contributed by atoms with Crippen LogP contribution in [-0.2, 0) is 9.53 Å². The van der Waals surface area contributed by atoms with Crippen molar-refractivity contribution in [3.8, 4) is 22.8 Å². The van der Waals surface area contributed by atoms with E-state index in [1.165, 1.54) is 12.1 Å². The first-order valence-electron chi connectivity index (χ1n) is 11.5. The number of amides is 1. The van der Waals surface area contributed by atoms with Crippen LogP contribution in [0, 0.1) is 5.82 Å². The summed E-state index contributed by atoms with van der Waals surface area (Å²) in [5.41, 5.74) is 2.41. The SMILES string of the molecule is O=C(COC(=O)c1cc(-c2ccc(F)cc2)nc2ccccc12)Nc1ccccc1Oc1ccccc1. The second-order valence-corrected chi connectivity index (χ2v) is 8.11. The molecule has 0 saturated carbocycles. The topological polar surface area (TPSA) is 77.5 Å². The van der Waals surface area contributed by atoms with Gasteiger partial charge in [-0.2, -0.15) is 0 Å². The number of hydrogen-bond acceptors (Lipinski definition) is 5. The van der Waals surface area contributed by atoms with E-state index in [-0.39, 0.29) is 11.4 Å². The van der Waals surface area contributed by atoms with Crippen molar-refractivity contribution in [2.24, 2.45) is 0 Å². The quantitative estimate of drug-likeness (QED) is 0.258. The number of nitrogens with zero attached hydrogens (tertiary/aromatic N) is 1. The molecule has 0 saturated heterocycles. The first-order valence-corrected chi connectivity index (χ1v) is 11.5. The average molecular weight is 493 g/mol. The lowest BCUT2D eigenvalue weighted by atomic mass is 10.0. The zero-order chi connectivity index (χ0) is 25.6. The molecule has 1 amide bonds. The monoisotopic (exact) mass is 492 g/mol. The highest BCUT2D eigenvalue weighted by atomic mass is 19.1. The molecule has 0 aliphatic heterocycles. The molecule has 1 N–H and O–H groups in total. The highest BCUT2D eigenvalue weighted by Gasteiger charge is 2.17. The smallest absolute Gasteiger partial charge is 0.339 e. The Kier molecular flexibility index (Phi) is 6.85. The van der Waals surface area contributed by atoms with Crippen molar-refractivity contribution in [3.63, 3.8) is 0 Å². The van der Waals surface area contributed by atoms with E-state index < -0.39 is 18.5 Å². The minimum absolute atomic E-state index is 0.255. The molecule has 5 aromatic rings. The maximum atomic E-state index is 13.4. The number of aromatic nitrogens is 1. The summed E-state index contributed by atoms with van der Waals surface area (Å²) in [6, 6.07) is 30.7. The first-order chi connectivity index (χ1) is 18.1. The van der Waals surface area contributed by atoms with Crippen molar-refractivity contribution in [1.82, 2.24) is 4.98 Å². The molecule has 5 rings (SSSR count). The molecule has 0 unspecified atom stereocenters. The van der Waals surface area contributed by atoms with E-state index in [0.29, 0.717) is 39.3 Å². The second kappa shape index (κ2) is 10.7. The number of anilines is 1. The van der Waals surface area contributed by atoms with Crippen LogP contribution in [0.3, 0.4) is 0 Å². The fourth-order valence-corrected chi connectivity index (χ4v) is 3.78. The fourth-order valence-electron chi connectivity index (χ4n) is 3.78. The second-order valence-electron chi connectivity index (χ2n) is 8.11. The van der Waals surface area contributed by atoms with Gasteiger partial charge in [-0.25, -0.2) is 14.2 Å². The molecule has 0 aliphatic rings. The number of halogens is 1. The number of ether oxygens (including phenoxy) is 2. The predicted molar refractivity (Wildman–Crippen MR) is 139 cm³/mol. The summed E-state index contributed by atoms with van der Waals surface area (Å²) < 4.78 is 24.6. The molecular formula is C30H21FN2O4. The van der Waals surface area contributed by atoms with Gasteiger partial charge in [0.25, 0.3) is 5.91 Å². The molecule has 182 valence electrons. The summed E-state index contributed by atoms with van der Waals surface area (Å²) in [4.78, 5) is 30.3. The third-order valence-electron chi connectivity index (χ3n) is 5.54. The zero-order valence-electron chi connectivity index (χ0n) is 19.6. The minimum Gasteiger partial charge on any atom is -0.455 e. The molecule has 1 aromatic heterocycles. The largest absolute Gasteiger partial charge is 0.455 e. The van der Waals surface area contributed by atoms with Gasteiger partial charge in [-0.1, -0.05) is 48.5 Å². The molecular weight excluding hydrogens is 471 g/mol. The molecule has 0 aliphatic carbocycles. The van der Waals surface area contributed by atoms with Crippen LogP contribution < -0.4 is 10.1 Å². The maximum absolute atomic E-state index is 13.4. The number of rotatable bonds is 7. The molecule has 0 spiro atoms. The number of benzene rings is 4. The molecule has 0 fully saturated rings. The molecule has 6 nitrogen and oxygen atoms in total. The van der Waals surface area contributed by atoms with Crippen molar-refractivity contribution < 1.29 is 23.5 Å². The van der Waals surface area contributed by atoms with Crippen LogP contribution in [-0.4, -0.2) is 23.5 Å². The summed E-state index contributed by atoms with van der Waals surface area (Å²) in [5, 5.41) is 3.31. The number of nitrogens with one attached hydrogen (secondary N) is 1. The third kappa shape index (κ3) is 5.62. The standard InChI is InChI=1S/C30H21FN2O4/c31-21-16-14-20(15-17-21)27-18-24(23-10-4-5-11-25(23)32-27)30(35)36-19-29(34)33-26-12-6-7-13-28(26)37-22-8-2-1-3-9-22/h1-18H,19H2,(H,33,34). The Morgan fingerprint density at radius 2 is 1.51 bits per heavy atom. The number of hydrogen-bond donors (Lipinski definition) is 1. The highest BCUT2D eigenvalue weighted by Crippen LogP contribution is 2.29. The van der Waals surface area contributed by atoms with Crippen LogP contribution in [0.5, 0.6) is 11.5 Å². The molecule has 0 atom stereocenters. The summed E-state index contributed by atoms with van der Waals surface area (Å²) in [6.45, 7) is -0.499. The zero-order valence-corrected chi connectivity index (χ0v) is 19.6. The van der Waals surface area contributed by atoms with Gasteiger partial charge < -0.3 is 14.8 Å². The molecule has 37 heavy (non-hydrogen) atoms. The molecule has 0 bridgehead atoms. The van der Waals surface area contributed by atoms with E-state index in [9.17, 15) is 14.0 Å². The van der Waals surface area contributed by atoms with Gasteiger partial charge in [0.2, 0.25) is 0 Å². The van der Waals surface area contributed by atoms with E-state index in [4.69, 9.17) is 9.47 Å². The molecule has 1 heterocycles. The highest BCUT2D eigenvalue weighted by molar-refractivity contribution is 6.05. The lowest BCUT2D eigenvalue weighted by Crippen LogP contribution is -2.21. The van der Waals surface area contributed by atoms with Crippen LogP contribution in [0.4, 0.5) is 10.1 Å². The van der Waals surface area contributed by atoms with Crippen molar-refractivity contribution >= 4 is 28.5 Å². The Morgan fingerprint density at radius 3 is 2.32 bits per heavy atom. The van der Waals surface area contributed by atoms with Gasteiger partial charge in [-0.15, -0.1) is 0 Å². The third-order valence-corrected chi connectivity index (χ3v) is 5.54. The van der Waals surface area contributed by atoms with E-state index in [0.717, 1.165) is 0 Å². The van der Waals surface area contributed by atoms with Crippen LogP contribution in [0.1, 0.15) is 10.4 Å². The van der Waals surface area contributed by atoms with Crippen LogP contribution >= 0.6 is 0 Å². The molecule has 0 radical (unpaired) electrons. The number of carbonyl (C=O) groups excluding carboxylic acids is 2. The predicted octanol–water partition coefficient (Wildman–Crippen LogP) is 6.63. The van der Waals surface area contributed by atoms with Crippen LogP contribution in [0.2, 0.25) is 0 Å². The lowest BCUT2D eigenvalue weighted by molar-refractivity contribution is -0.119. The normalized spacial score (nSPS) is 10.6. The summed E-state index contributed by atoms with van der Waals surface area (Å²) >= 11 is 0. The first kappa shape index (κ1) is 23.7.